The zero-order valence-electron chi connectivity index (χ0n) is 18.1. The smallest absolute Gasteiger partial charge is 0.264 e. The molecule has 1 N–H and O–H groups in total. The highest BCUT2D eigenvalue weighted by Gasteiger charge is 2.27. The van der Waals surface area contributed by atoms with Crippen molar-refractivity contribution in [3.8, 4) is 0 Å². The zero-order chi connectivity index (χ0) is 24.6. The van der Waals surface area contributed by atoms with Crippen LogP contribution in [0.5, 0.6) is 0 Å². The van der Waals surface area contributed by atoms with Crippen molar-refractivity contribution in [2.24, 2.45) is 0 Å². The van der Waals surface area contributed by atoms with Crippen LogP contribution >= 0.6 is 23.2 Å². The van der Waals surface area contributed by atoms with Gasteiger partial charge < -0.3 is 9.73 Å². The molecule has 0 spiro atoms. The molecule has 0 radical (unpaired) electrons. The minimum absolute atomic E-state index is 0.00151. The second-order valence-electron chi connectivity index (χ2n) is 7.80. The molecule has 5 rings (SSSR count). The zero-order valence-corrected chi connectivity index (χ0v) is 20.4. The summed E-state index contributed by atoms with van der Waals surface area (Å²) < 4.78 is 33.8. The van der Waals surface area contributed by atoms with E-state index in [1.165, 1.54) is 30.3 Å². The van der Waals surface area contributed by atoms with Crippen LogP contribution in [0, 0.1) is 0 Å². The van der Waals surface area contributed by atoms with Gasteiger partial charge in [0.1, 0.15) is 17.7 Å². The van der Waals surface area contributed by atoms with Gasteiger partial charge in [0.15, 0.2) is 0 Å². The summed E-state index contributed by atoms with van der Waals surface area (Å²) in [7, 11) is -4.09. The Bertz CT molecular complexity index is 1660. The second-order valence-corrected chi connectivity index (χ2v) is 10.5. The van der Waals surface area contributed by atoms with Crippen LogP contribution in [0.25, 0.3) is 21.9 Å². The SMILES string of the molecule is O=C(CN(c1cccc(Cl)c1)S(=O)(=O)c1ccc(Cl)cc1)Nc1ccc2c(c1)oc1ccccc12. The molecule has 0 saturated carbocycles. The van der Waals surface area contributed by atoms with Crippen molar-refractivity contribution in [1.29, 1.82) is 0 Å². The average molecular weight is 525 g/mol. The van der Waals surface area contributed by atoms with Crippen LogP contribution in [-0.2, 0) is 14.8 Å². The summed E-state index contributed by atoms with van der Waals surface area (Å²) in [4.78, 5) is 13.0. The van der Waals surface area contributed by atoms with Gasteiger partial charge in [0, 0.05) is 32.6 Å². The molecule has 0 unspecified atom stereocenters. The van der Waals surface area contributed by atoms with E-state index in [1.54, 1.807) is 30.3 Å². The van der Waals surface area contributed by atoms with Gasteiger partial charge in [-0.15, -0.1) is 0 Å². The third-order valence-corrected chi connectivity index (χ3v) is 7.72. The molecule has 0 aliphatic rings. The predicted molar refractivity (Wildman–Crippen MR) is 140 cm³/mol. The van der Waals surface area contributed by atoms with Crippen LogP contribution in [0.1, 0.15) is 0 Å². The third kappa shape index (κ3) is 4.71. The first kappa shape index (κ1) is 23.2. The van der Waals surface area contributed by atoms with Crippen molar-refractivity contribution in [2.75, 3.05) is 16.2 Å². The Morgan fingerprint density at radius 3 is 2.31 bits per heavy atom. The van der Waals surface area contributed by atoms with E-state index >= 15 is 0 Å². The van der Waals surface area contributed by atoms with Crippen molar-refractivity contribution in [1.82, 2.24) is 0 Å². The predicted octanol–water partition coefficient (Wildman–Crippen LogP) is 6.73. The van der Waals surface area contributed by atoms with Crippen LogP contribution in [-0.4, -0.2) is 20.9 Å². The van der Waals surface area contributed by atoms with E-state index < -0.39 is 22.5 Å². The molecule has 176 valence electrons. The van der Waals surface area contributed by atoms with Crippen molar-refractivity contribution in [3.05, 3.63) is 101 Å². The van der Waals surface area contributed by atoms with Crippen LogP contribution in [0.4, 0.5) is 11.4 Å². The van der Waals surface area contributed by atoms with E-state index in [-0.39, 0.29) is 10.6 Å². The molecule has 35 heavy (non-hydrogen) atoms. The fourth-order valence-corrected chi connectivity index (χ4v) is 5.54. The maximum Gasteiger partial charge on any atom is 0.264 e. The third-order valence-electron chi connectivity index (χ3n) is 5.45. The Morgan fingerprint density at radius 1 is 0.800 bits per heavy atom. The maximum atomic E-state index is 13.5. The number of rotatable bonds is 6. The molecule has 0 saturated heterocycles. The number of carbonyl (C=O) groups excluding carboxylic acids is 1. The van der Waals surface area contributed by atoms with E-state index in [4.69, 9.17) is 27.6 Å². The molecule has 0 bridgehead atoms. The Balaban J connectivity index is 1.45. The lowest BCUT2D eigenvalue weighted by molar-refractivity contribution is -0.114. The topological polar surface area (TPSA) is 79.6 Å². The second kappa shape index (κ2) is 9.26. The van der Waals surface area contributed by atoms with Crippen molar-refractivity contribution in [3.63, 3.8) is 0 Å². The molecule has 4 aromatic carbocycles. The van der Waals surface area contributed by atoms with Gasteiger partial charge in [-0.2, -0.15) is 0 Å². The molecule has 5 aromatic rings. The highest BCUT2D eigenvalue weighted by molar-refractivity contribution is 7.92. The van der Waals surface area contributed by atoms with Gasteiger partial charge in [0.25, 0.3) is 10.0 Å². The lowest BCUT2D eigenvalue weighted by Gasteiger charge is -2.24. The number of nitrogens with zero attached hydrogens (tertiary/aromatic N) is 1. The number of nitrogens with one attached hydrogen (secondary N) is 1. The monoisotopic (exact) mass is 524 g/mol. The molecular formula is C26H18Cl2N2O4S. The van der Waals surface area contributed by atoms with E-state index in [1.807, 2.05) is 30.3 Å². The first-order valence-electron chi connectivity index (χ1n) is 10.6. The molecule has 0 aliphatic heterocycles. The Hall–Kier alpha value is -3.52. The molecule has 9 heteroatoms. The number of carbonyl (C=O) groups is 1. The largest absolute Gasteiger partial charge is 0.456 e. The highest BCUT2D eigenvalue weighted by atomic mass is 35.5. The molecule has 6 nitrogen and oxygen atoms in total. The highest BCUT2D eigenvalue weighted by Crippen LogP contribution is 2.31. The Kier molecular flexibility index (Phi) is 6.15. The number of halogens is 2. The molecule has 0 aliphatic carbocycles. The summed E-state index contributed by atoms with van der Waals surface area (Å²) in [5, 5.41) is 5.40. The van der Waals surface area contributed by atoms with Gasteiger partial charge in [-0.1, -0.05) is 47.5 Å². The number of furan rings is 1. The fraction of sp³-hybridized carbons (Fsp3) is 0.0385. The summed E-state index contributed by atoms with van der Waals surface area (Å²) in [5.41, 5.74) is 2.10. The van der Waals surface area contributed by atoms with Crippen LogP contribution in [0.2, 0.25) is 10.0 Å². The molecular weight excluding hydrogens is 507 g/mol. The van der Waals surface area contributed by atoms with Crippen LogP contribution < -0.4 is 9.62 Å². The van der Waals surface area contributed by atoms with Gasteiger partial charge in [0.2, 0.25) is 5.91 Å². The standard InChI is InChI=1S/C26H18Cl2N2O4S/c27-17-8-11-21(12-9-17)35(32,33)30(20-5-3-4-18(28)14-20)16-26(31)29-19-10-13-23-22-6-1-2-7-24(22)34-25(23)15-19/h1-15H,16H2,(H,29,31). The number of para-hydroxylation sites is 1. The maximum absolute atomic E-state index is 13.5. The van der Waals surface area contributed by atoms with E-state index in [2.05, 4.69) is 5.32 Å². The minimum atomic E-state index is -4.09. The number of sulfonamides is 1. The first-order chi connectivity index (χ1) is 16.8. The summed E-state index contributed by atoms with van der Waals surface area (Å²) in [5.74, 6) is -0.530. The van der Waals surface area contributed by atoms with E-state index in [0.717, 1.165) is 20.7 Å². The molecule has 1 heterocycles. The molecule has 1 amide bonds. The van der Waals surface area contributed by atoms with Crippen molar-refractivity contribution >= 4 is 72.4 Å². The van der Waals surface area contributed by atoms with Gasteiger partial charge in [-0.05, 0) is 60.7 Å². The Morgan fingerprint density at radius 2 is 1.54 bits per heavy atom. The van der Waals surface area contributed by atoms with Crippen molar-refractivity contribution in [2.45, 2.75) is 4.90 Å². The number of amides is 1. The quantitative estimate of drug-likeness (QED) is 0.267. The van der Waals surface area contributed by atoms with Gasteiger partial charge in [-0.3, -0.25) is 9.10 Å². The van der Waals surface area contributed by atoms with Gasteiger partial charge >= 0.3 is 0 Å². The van der Waals surface area contributed by atoms with E-state index in [0.29, 0.717) is 21.3 Å². The van der Waals surface area contributed by atoms with Crippen molar-refractivity contribution < 1.29 is 17.6 Å². The number of hydrogen-bond donors (Lipinski definition) is 1. The first-order valence-corrected chi connectivity index (χ1v) is 12.8. The number of hydrogen-bond acceptors (Lipinski definition) is 4. The summed E-state index contributed by atoms with van der Waals surface area (Å²) in [6.07, 6.45) is 0. The molecule has 0 fully saturated rings. The van der Waals surface area contributed by atoms with Crippen LogP contribution in [0.3, 0.4) is 0 Å². The number of anilines is 2. The van der Waals surface area contributed by atoms with Gasteiger partial charge in [0.05, 0.1) is 10.6 Å². The number of fused-ring (bicyclic) bond motifs is 3. The Labute approximate surface area is 211 Å². The number of benzene rings is 4. The minimum Gasteiger partial charge on any atom is -0.456 e. The average Bonchev–Trinajstić information content (AvgIpc) is 3.20. The van der Waals surface area contributed by atoms with E-state index in [9.17, 15) is 13.2 Å². The summed E-state index contributed by atoms with van der Waals surface area (Å²) >= 11 is 12.0. The summed E-state index contributed by atoms with van der Waals surface area (Å²) in [6, 6.07) is 25.0. The normalized spacial score (nSPS) is 11.6. The lowest BCUT2D eigenvalue weighted by Crippen LogP contribution is -2.38. The fourth-order valence-electron chi connectivity index (χ4n) is 3.81. The molecule has 0 atom stereocenters. The summed E-state index contributed by atoms with van der Waals surface area (Å²) in [6.45, 7) is -0.469. The van der Waals surface area contributed by atoms with Crippen LogP contribution in [0.15, 0.2) is 100 Å². The molecule has 1 aromatic heterocycles. The van der Waals surface area contributed by atoms with Gasteiger partial charge in [-0.25, -0.2) is 8.42 Å². The lowest BCUT2D eigenvalue weighted by atomic mass is 10.1.